The first-order valence-corrected chi connectivity index (χ1v) is 6.74. The number of nitrogens with zero attached hydrogens (tertiary/aromatic N) is 1. The van der Waals surface area contributed by atoms with E-state index < -0.39 is 0 Å². The summed E-state index contributed by atoms with van der Waals surface area (Å²) in [5.74, 6) is 0. The van der Waals surface area contributed by atoms with Gasteiger partial charge in [-0.3, -0.25) is 0 Å². The zero-order chi connectivity index (χ0) is 11.8. The minimum absolute atomic E-state index is 0.152. The lowest BCUT2D eigenvalue weighted by Crippen LogP contribution is -2.13. The maximum atomic E-state index is 5.90. The molecule has 1 aromatic rings. The van der Waals surface area contributed by atoms with Gasteiger partial charge in [0.25, 0.3) is 0 Å². The molecule has 3 heteroatoms. The Bertz CT molecular complexity index is 398. The van der Waals surface area contributed by atoms with Crippen LogP contribution in [0, 0.1) is 0 Å². The highest BCUT2D eigenvalue weighted by Crippen LogP contribution is 2.28. The van der Waals surface area contributed by atoms with Crippen LogP contribution in [0.3, 0.4) is 0 Å². The van der Waals surface area contributed by atoms with Crippen molar-refractivity contribution in [2.45, 2.75) is 51.5 Å². The third-order valence-electron chi connectivity index (χ3n) is 2.98. The van der Waals surface area contributed by atoms with E-state index in [1.165, 1.54) is 11.3 Å². The summed E-state index contributed by atoms with van der Waals surface area (Å²) in [4.78, 5) is 4.67. The molecule has 2 N–H and O–H groups in total. The van der Waals surface area contributed by atoms with Crippen LogP contribution in [0.25, 0.3) is 6.08 Å². The van der Waals surface area contributed by atoms with Gasteiger partial charge in [-0.1, -0.05) is 26.3 Å². The fourth-order valence-corrected chi connectivity index (χ4v) is 2.94. The Morgan fingerprint density at radius 2 is 2.25 bits per heavy atom. The topological polar surface area (TPSA) is 38.9 Å². The summed E-state index contributed by atoms with van der Waals surface area (Å²) < 4.78 is 0. The maximum absolute atomic E-state index is 5.90. The van der Waals surface area contributed by atoms with Crippen molar-refractivity contribution in [3.63, 3.8) is 0 Å². The highest BCUT2D eigenvalue weighted by atomic mass is 32.1. The standard InChI is InChI=1S/C13H20N2S/c1-13(2,3)11-8-16-12(15-11)7-9-4-5-10(14)6-9/h7-8,10H,4-6,14H2,1-3H3. The molecule has 1 aliphatic rings. The van der Waals surface area contributed by atoms with Crippen molar-refractivity contribution in [3.8, 4) is 0 Å². The SMILES string of the molecule is CC(C)(C)c1csc(C=C2CCC(N)C2)n1. The average Bonchev–Trinajstić information content (AvgIpc) is 2.74. The third-order valence-corrected chi connectivity index (χ3v) is 3.77. The van der Waals surface area contributed by atoms with Gasteiger partial charge >= 0.3 is 0 Å². The summed E-state index contributed by atoms with van der Waals surface area (Å²) in [7, 11) is 0. The van der Waals surface area contributed by atoms with Crippen LogP contribution in [-0.4, -0.2) is 11.0 Å². The first-order valence-electron chi connectivity index (χ1n) is 5.86. The first kappa shape index (κ1) is 11.8. The average molecular weight is 236 g/mol. The molecule has 0 radical (unpaired) electrons. The van der Waals surface area contributed by atoms with E-state index in [0.717, 1.165) is 24.3 Å². The van der Waals surface area contributed by atoms with Crippen molar-refractivity contribution in [2.24, 2.45) is 5.73 Å². The van der Waals surface area contributed by atoms with Crippen molar-refractivity contribution in [1.29, 1.82) is 0 Å². The van der Waals surface area contributed by atoms with Crippen LogP contribution in [0.1, 0.15) is 50.7 Å². The van der Waals surface area contributed by atoms with Gasteiger partial charge in [0.1, 0.15) is 5.01 Å². The molecule has 1 fully saturated rings. The van der Waals surface area contributed by atoms with Crippen LogP contribution in [0.2, 0.25) is 0 Å². The molecule has 0 saturated heterocycles. The fourth-order valence-electron chi connectivity index (χ4n) is 1.92. The predicted octanol–water partition coefficient (Wildman–Crippen LogP) is 3.34. The lowest BCUT2D eigenvalue weighted by atomic mass is 9.93. The molecule has 88 valence electrons. The van der Waals surface area contributed by atoms with E-state index in [0.29, 0.717) is 6.04 Å². The number of aromatic nitrogens is 1. The third kappa shape index (κ3) is 2.71. The molecule has 16 heavy (non-hydrogen) atoms. The number of nitrogens with two attached hydrogens (primary N) is 1. The highest BCUT2D eigenvalue weighted by molar-refractivity contribution is 7.10. The Hall–Kier alpha value is -0.670. The van der Waals surface area contributed by atoms with Crippen molar-refractivity contribution >= 4 is 17.4 Å². The van der Waals surface area contributed by atoms with Crippen LogP contribution in [0.4, 0.5) is 0 Å². The Balaban J connectivity index is 2.14. The summed E-state index contributed by atoms with van der Waals surface area (Å²) in [6, 6.07) is 0.369. The van der Waals surface area contributed by atoms with Gasteiger partial charge in [0.2, 0.25) is 0 Å². The Morgan fingerprint density at radius 3 is 2.75 bits per heavy atom. The molecule has 1 aliphatic carbocycles. The minimum Gasteiger partial charge on any atom is -0.327 e. The van der Waals surface area contributed by atoms with Gasteiger partial charge in [-0.15, -0.1) is 11.3 Å². The lowest BCUT2D eigenvalue weighted by Gasteiger charge is -2.13. The zero-order valence-corrected chi connectivity index (χ0v) is 11.1. The van der Waals surface area contributed by atoms with Crippen LogP contribution < -0.4 is 5.73 Å². The van der Waals surface area contributed by atoms with Gasteiger partial charge in [-0.05, 0) is 25.3 Å². The maximum Gasteiger partial charge on any atom is 0.116 e. The van der Waals surface area contributed by atoms with Crippen LogP contribution >= 0.6 is 11.3 Å². The molecule has 1 heterocycles. The summed E-state index contributed by atoms with van der Waals surface area (Å²) in [5, 5.41) is 3.30. The quantitative estimate of drug-likeness (QED) is 0.812. The molecule has 1 unspecified atom stereocenters. The van der Waals surface area contributed by atoms with Gasteiger partial charge < -0.3 is 5.73 Å². The Kier molecular flexibility index (Phi) is 3.17. The van der Waals surface area contributed by atoms with Gasteiger partial charge in [-0.2, -0.15) is 0 Å². The summed E-state index contributed by atoms with van der Waals surface area (Å²) in [5.41, 5.74) is 8.69. The van der Waals surface area contributed by atoms with Gasteiger partial charge in [-0.25, -0.2) is 4.98 Å². The second kappa shape index (κ2) is 4.30. The zero-order valence-electron chi connectivity index (χ0n) is 10.3. The number of thiazole rings is 1. The second-order valence-electron chi connectivity index (χ2n) is 5.63. The molecule has 0 amide bonds. The monoisotopic (exact) mass is 236 g/mol. The summed E-state index contributed by atoms with van der Waals surface area (Å²) in [6.45, 7) is 6.60. The lowest BCUT2D eigenvalue weighted by molar-refractivity contribution is 0.572. The Morgan fingerprint density at radius 1 is 1.50 bits per heavy atom. The van der Waals surface area contributed by atoms with Crippen molar-refractivity contribution in [3.05, 3.63) is 21.7 Å². The summed E-state index contributed by atoms with van der Waals surface area (Å²) >= 11 is 1.74. The minimum atomic E-state index is 0.152. The fraction of sp³-hybridized carbons (Fsp3) is 0.615. The van der Waals surface area contributed by atoms with E-state index in [9.17, 15) is 0 Å². The van der Waals surface area contributed by atoms with E-state index in [1.54, 1.807) is 11.3 Å². The van der Waals surface area contributed by atoms with Gasteiger partial charge in [0, 0.05) is 16.8 Å². The summed E-state index contributed by atoms with van der Waals surface area (Å²) in [6.07, 6.45) is 5.55. The predicted molar refractivity (Wildman–Crippen MR) is 70.6 cm³/mol. The molecule has 1 atom stereocenters. The van der Waals surface area contributed by atoms with Crippen molar-refractivity contribution in [2.75, 3.05) is 0 Å². The van der Waals surface area contributed by atoms with E-state index in [4.69, 9.17) is 5.73 Å². The molecule has 2 nitrogen and oxygen atoms in total. The molecule has 0 aromatic carbocycles. The molecule has 0 aliphatic heterocycles. The van der Waals surface area contributed by atoms with E-state index in [-0.39, 0.29) is 5.41 Å². The molecular formula is C13H20N2S. The number of rotatable bonds is 1. The largest absolute Gasteiger partial charge is 0.327 e. The smallest absolute Gasteiger partial charge is 0.116 e. The molecule has 1 aromatic heterocycles. The van der Waals surface area contributed by atoms with Gasteiger partial charge in [0.05, 0.1) is 5.69 Å². The highest BCUT2D eigenvalue weighted by Gasteiger charge is 2.18. The van der Waals surface area contributed by atoms with Crippen LogP contribution in [0.15, 0.2) is 11.0 Å². The second-order valence-corrected chi connectivity index (χ2v) is 6.52. The van der Waals surface area contributed by atoms with E-state index in [1.807, 2.05) is 0 Å². The first-order chi connectivity index (χ1) is 7.45. The van der Waals surface area contributed by atoms with Crippen molar-refractivity contribution < 1.29 is 0 Å². The van der Waals surface area contributed by atoms with Crippen LogP contribution in [-0.2, 0) is 5.41 Å². The number of hydrogen-bond acceptors (Lipinski definition) is 3. The molecule has 1 saturated carbocycles. The van der Waals surface area contributed by atoms with Gasteiger partial charge in [0.15, 0.2) is 0 Å². The molecule has 0 bridgehead atoms. The van der Waals surface area contributed by atoms with Crippen molar-refractivity contribution in [1.82, 2.24) is 4.98 Å². The molecular weight excluding hydrogens is 216 g/mol. The van der Waals surface area contributed by atoms with E-state index >= 15 is 0 Å². The molecule has 2 rings (SSSR count). The Labute approximate surface area is 102 Å². The molecule has 0 spiro atoms. The normalized spacial score (nSPS) is 24.2. The number of hydrogen-bond donors (Lipinski definition) is 1. The van der Waals surface area contributed by atoms with E-state index in [2.05, 4.69) is 37.2 Å². The van der Waals surface area contributed by atoms with Crippen LogP contribution in [0.5, 0.6) is 0 Å².